The Labute approximate surface area is 98.9 Å². The molecule has 0 fully saturated rings. The number of carbonyl (C=O) groups is 2. The maximum absolute atomic E-state index is 11.0. The van der Waals surface area contributed by atoms with Crippen molar-refractivity contribution in [1.29, 1.82) is 0 Å². The number of imide groups is 1. The molecule has 0 saturated heterocycles. The van der Waals surface area contributed by atoms with Crippen LogP contribution in [-0.2, 0) is 4.79 Å². The van der Waals surface area contributed by atoms with Crippen molar-refractivity contribution in [2.45, 2.75) is 5.03 Å². The zero-order valence-corrected chi connectivity index (χ0v) is 9.97. The molecule has 1 aromatic rings. The molecule has 0 radical (unpaired) electrons. The van der Waals surface area contributed by atoms with Gasteiger partial charge >= 0.3 is 6.03 Å². The predicted octanol–water partition coefficient (Wildman–Crippen LogP) is 1.13. The number of nitrogens with two attached hydrogens (primary N) is 1. The lowest BCUT2D eigenvalue weighted by molar-refractivity contribution is -0.117. The van der Waals surface area contributed by atoms with E-state index in [0.717, 1.165) is 4.47 Å². The topological polar surface area (TPSA) is 85.1 Å². The van der Waals surface area contributed by atoms with E-state index in [1.807, 2.05) is 11.4 Å². The summed E-state index contributed by atoms with van der Waals surface area (Å²) in [5.74, 6) is -0.324. The second-order valence-corrected chi connectivity index (χ2v) is 4.43. The Morgan fingerprint density at radius 3 is 2.80 bits per heavy atom. The summed E-state index contributed by atoms with van der Waals surface area (Å²) >= 11 is 4.47. The average molecular weight is 290 g/mol. The van der Waals surface area contributed by atoms with Crippen LogP contribution in [0.25, 0.3) is 0 Å². The van der Waals surface area contributed by atoms with Crippen LogP contribution in [0, 0.1) is 0 Å². The van der Waals surface area contributed by atoms with Crippen LogP contribution in [-0.4, -0.2) is 22.7 Å². The molecule has 1 rings (SSSR count). The maximum Gasteiger partial charge on any atom is 0.318 e. The number of nitrogens with one attached hydrogen (secondary N) is 1. The lowest BCUT2D eigenvalue weighted by Gasteiger charge is -2.00. The lowest BCUT2D eigenvalue weighted by Crippen LogP contribution is -2.36. The molecule has 0 aliphatic heterocycles. The average Bonchev–Trinajstić information content (AvgIpc) is 2.16. The van der Waals surface area contributed by atoms with Gasteiger partial charge in [0.25, 0.3) is 0 Å². The minimum absolute atomic E-state index is 0.109. The number of amides is 3. The first-order valence-corrected chi connectivity index (χ1v) is 5.69. The largest absolute Gasteiger partial charge is 0.351 e. The Hall–Kier alpha value is -1.08. The van der Waals surface area contributed by atoms with Gasteiger partial charge in [-0.3, -0.25) is 10.1 Å². The van der Waals surface area contributed by atoms with E-state index in [2.05, 4.69) is 20.9 Å². The highest BCUT2D eigenvalue weighted by molar-refractivity contribution is 9.10. The number of hydrogen-bond donors (Lipinski definition) is 2. The summed E-state index contributed by atoms with van der Waals surface area (Å²) in [5, 5.41) is 2.67. The van der Waals surface area contributed by atoms with Crippen LogP contribution in [0.3, 0.4) is 0 Å². The Morgan fingerprint density at radius 1 is 1.53 bits per heavy atom. The third-order valence-corrected chi connectivity index (χ3v) is 2.73. The van der Waals surface area contributed by atoms with Crippen molar-refractivity contribution in [3.8, 4) is 0 Å². The van der Waals surface area contributed by atoms with Crippen molar-refractivity contribution in [2.24, 2.45) is 5.73 Å². The SMILES string of the molecule is NC(=O)NC(=O)CSc1ccc(Br)cn1. The van der Waals surface area contributed by atoms with Crippen LogP contribution in [0.15, 0.2) is 27.8 Å². The van der Waals surface area contributed by atoms with Crippen molar-refractivity contribution in [3.63, 3.8) is 0 Å². The van der Waals surface area contributed by atoms with Crippen LogP contribution in [0.4, 0.5) is 4.79 Å². The first kappa shape index (κ1) is 12.0. The van der Waals surface area contributed by atoms with Gasteiger partial charge in [-0.2, -0.15) is 0 Å². The molecule has 0 saturated carbocycles. The number of thioether (sulfide) groups is 1. The minimum atomic E-state index is -0.843. The maximum atomic E-state index is 11.0. The molecule has 0 bridgehead atoms. The van der Waals surface area contributed by atoms with Gasteiger partial charge in [0.2, 0.25) is 5.91 Å². The van der Waals surface area contributed by atoms with E-state index in [9.17, 15) is 9.59 Å². The van der Waals surface area contributed by atoms with Gasteiger partial charge in [-0.05, 0) is 28.1 Å². The molecule has 5 nitrogen and oxygen atoms in total. The number of halogens is 1. The number of urea groups is 1. The zero-order valence-electron chi connectivity index (χ0n) is 7.57. The molecule has 0 aliphatic rings. The number of rotatable bonds is 3. The molecule has 80 valence electrons. The molecule has 7 heteroatoms. The molecular weight excluding hydrogens is 282 g/mol. The van der Waals surface area contributed by atoms with E-state index < -0.39 is 11.9 Å². The molecule has 0 unspecified atom stereocenters. The number of aromatic nitrogens is 1. The molecule has 3 amide bonds. The summed E-state index contributed by atoms with van der Waals surface area (Å²) < 4.78 is 0.869. The second-order valence-electron chi connectivity index (χ2n) is 2.52. The monoisotopic (exact) mass is 289 g/mol. The van der Waals surface area contributed by atoms with E-state index in [1.165, 1.54) is 11.8 Å². The smallest absolute Gasteiger partial charge is 0.318 e. The van der Waals surface area contributed by atoms with Gasteiger partial charge in [-0.1, -0.05) is 11.8 Å². The summed E-state index contributed by atoms with van der Waals surface area (Å²) in [4.78, 5) is 25.4. The third-order valence-electron chi connectivity index (χ3n) is 1.31. The summed E-state index contributed by atoms with van der Waals surface area (Å²) in [7, 11) is 0. The second kappa shape index (κ2) is 5.72. The van der Waals surface area contributed by atoms with Crippen LogP contribution in [0.1, 0.15) is 0 Å². The fraction of sp³-hybridized carbons (Fsp3) is 0.125. The highest BCUT2D eigenvalue weighted by Crippen LogP contribution is 2.16. The zero-order chi connectivity index (χ0) is 11.3. The van der Waals surface area contributed by atoms with Crippen molar-refractivity contribution in [2.75, 3.05) is 5.75 Å². The summed E-state index contributed by atoms with van der Waals surface area (Å²) in [6.07, 6.45) is 1.63. The molecular formula is C8H8BrN3O2S. The Kier molecular flexibility index (Phi) is 4.57. The molecule has 0 aliphatic carbocycles. The summed E-state index contributed by atoms with van der Waals surface area (Å²) in [5.41, 5.74) is 4.78. The van der Waals surface area contributed by atoms with Gasteiger partial charge in [0.1, 0.15) is 0 Å². The van der Waals surface area contributed by atoms with Gasteiger partial charge < -0.3 is 5.73 Å². The third kappa shape index (κ3) is 4.80. The van der Waals surface area contributed by atoms with E-state index in [-0.39, 0.29) is 5.75 Å². The molecule has 0 spiro atoms. The first-order valence-electron chi connectivity index (χ1n) is 3.91. The van der Waals surface area contributed by atoms with Gasteiger partial charge in [0.15, 0.2) is 0 Å². The van der Waals surface area contributed by atoms with E-state index in [1.54, 1.807) is 12.3 Å². The summed E-state index contributed by atoms with van der Waals surface area (Å²) in [6, 6.07) is 2.75. The number of carbonyl (C=O) groups excluding carboxylic acids is 2. The Balaban J connectivity index is 2.40. The lowest BCUT2D eigenvalue weighted by atomic mass is 10.5. The molecule has 3 N–H and O–H groups in total. The molecule has 0 aromatic carbocycles. The highest BCUT2D eigenvalue weighted by Gasteiger charge is 2.05. The van der Waals surface area contributed by atoms with Crippen LogP contribution in [0.2, 0.25) is 0 Å². The number of primary amides is 1. The molecule has 1 aromatic heterocycles. The molecule has 1 heterocycles. The van der Waals surface area contributed by atoms with E-state index in [4.69, 9.17) is 5.73 Å². The standard InChI is InChI=1S/C8H8BrN3O2S/c9-5-1-2-7(11-3-5)15-4-6(13)12-8(10)14/h1-3H,4H2,(H3,10,12,13,14). The Bertz CT molecular complexity index is 369. The fourth-order valence-electron chi connectivity index (χ4n) is 0.761. The normalized spacial score (nSPS) is 9.67. The van der Waals surface area contributed by atoms with Crippen LogP contribution < -0.4 is 11.1 Å². The molecule has 15 heavy (non-hydrogen) atoms. The van der Waals surface area contributed by atoms with Crippen molar-refractivity contribution in [3.05, 3.63) is 22.8 Å². The Morgan fingerprint density at radius 2 is 2.27 bits per heavy atom. The van der Waals surface area contributed by atoms with Crippen LogP contribution in [0.5, 0.6) is 0 Å². The van der Waals surface area contributed by atoms with Gasteiger partial charge in [0.05, 0.1) is 10.8 Å². The number of pyridine rings is 1. The highest BCUT2D eigenvalue weighted by atomic mass is 79.9. The van der Waals surface area contributed by atoms with Crippen LogP contribution >= 0.6 is 27.7 Å². The van der Waals surface area contributed by atoms with Crippen molar-refractivity contribution in [1.82, 2.24) is 10.3 Å². The van der Waals surface area contributed by atoms with Crippen molar-refractivity contribution >= 4 is 39.6 Å². The first-order chi connectivity index (χ1) is 7.08. The number of hydrogen-bond acceptors (Lipinski definition) is 4. The van der Waals surface area contributed by atoms with Gasteiger partial charge in [0, 0.05) is 10.7 Å². The van der Waals surface area contributed by atoms with Crippen molar-refractivity contribution < 1.29 is 9.59 Å². The predicted molar refractivity (Wildman–Crippen MR) is 60.4 cm³/mol. The van der Waals surface area contributed by atoms with Gasteiger partial charge in [-0.15, -0.1) is 0 Å². The van der Waals surface area contributed by atoms with E-state index >= 15 is 0 Å². The minimum Gasteiger partial charge on any atom is -0.351 e. The summed E-state index contributed by atoms with van der Waals surface area (Å²) in [6.45, 7) is 0. The number of nitrogens with zero attached hydrogens (tertiary/aromatic N) is 1. The fourth-order valence-corrected chi connectivity index (χ4v) is 1.64. The quantitative estimate of drug-likeness (QED) is 0.817. The molecule has 0 atom stereocenters. The van der Waals surface area contributed by atoms with E-state index in [0.29, 0.717) is 5.03 Å². The van der Waals surface area contributed by atoms with Gasteiger partial charge in [-0.25, -0.2) is 9.78 Å².